The van der Waals surface area contributed by atoms with Gasteiger partial charge in [-0.1, -0.05) is 0 Å². The molecule has 1 saturated heterocycles. The smallest absolute Gasteiger partial charge is 0.236 e. The molecule has 1 heterocycles. The van der Waals surface area contributed by atoms with Gasteiger partial charge in [0, 0.05) is 7.05 Å². The fourth-order valence-electron chi connectivity index (χ4n) is 1.89. The Morgan fingerprint density at radius 1 is 1.64 bits per heavy atom. The minimum Gasteiger partial charge on any atom is -0.373 e. The Balaban J connectivity index is 2.57. The van der Waals surface area contributed by atoms with Crippen molar-refractivity contribution in [3.05, 3.63) is 0 Å². The number of carbonyl (C=O) groups is 1. The van der Waals surface area contributed by atoms with Gasteiger partial charge in [-0.25, -0.2) is 0 Å². The Hall–Kier alpha value is -1.08. The standard InChI is InChI=1S/C10H16N2O2/c1-7-6-9(8(2)14-7)12(3)10(13)4-5-11/h7-9H,4,6H2,1-3H3. The summed E-state index contributed by atoms with van der Waals surface area (Å²) >= 11 is 0. The van der Waals surface area contributed by atoms with Crippen LogP contribution in [0.2, 0.25) is 0 Å². The average Bonchev–Trinajstić information content (AvgIpc) is 2.44. The van der Waals surface area contributed by atoms with Gasteiger partial charge < -0.3 is 9.64 Å². The second-order valence-electron chi connectivity index (χ2n) is 3.79. The van der Waals surface area contributed by atoms with Crippen LogP contribution in [-0.2, 0) is 9.53 Å². The fourth-order valence-corrected chi connectivity index (χ4v) is 1.89. The lowest BCUT2D eigenvalue weighted by molar-refractivity contribution is -0.131. The molecule has 0 aromatic carbocycles. The van der Waals surface area contributed by atoms with E-state index in [4.69, 9.17) is 10.00 Å². The summed E-state index contributed by atoms with van der Waals surface area (Å²) in [5, 5.41) is 8.42. The molecule has 1 fully saturated rings. The molecule has 1 rings (SSSR count). The van der Waals surface area contributed by atoms with Crippen molar-refractivity contribution >= 4 is 5.91 Å². The van der Waals surface area contributed by atoms with Gasteiger partial charge in [-0.2, -0.15) is 5.26 Å². The van der Waals surface area contributed by atoms with Gasteiger partial charge in [-0.15, -0.1) is 0 Å². The van der Waals surface area contributed by atoms with Crippen LogP contribution < -0.4 is 0 Å². The Bertz CT molecular complexity index is 259. The van der Waals surface area contributed by atoms with E-state index in [0.717, 1.165) is 6.42 Å². The van der Waals surface area contributed by atoms with E-state index < -0.39 is 0 Å². The van der Waals surface area contributed by atoms with Crippen molar-refractivity contribution in [2.45, 2.75) is 44.9 Å². The molecule has 0 bridgehead atoms. The first-order valence-corrected chi connectivity index (χ1v) is 4.84. The van der Waals surface area contributed by atoms with Crippen molar-refractivity contribution in [3.63, 3.8) is 0 Å². The second kappa shape index (κ2) is 4.43. The van der Waals surface area contributed by atoms with Gasteiger partial charge in [-0.05, 0) is 20.3 Å². The lowest BCUT2D eigenvalue weighted by Gasteiger charge is -2.25. The zero-order valence-electron chi connectivity index (χ0n) is 8.86. The molecule has 3 atom stereocenters. The van der Waals surface area contributed by atoms with Crippen molar-refractivity contribution in [3.8, 4) is 6.07 Å². The molecule has 0 spiro atoms. The lowest BCUT2D eigenvalue weighted by Crippen LogP contribution is -2.40. The number of nitriles is 1. The molecular weight excluding hydrogens is 180 g/mol. The van der Waals surface area contributed by atoms with Gasteiger partial charge >= 0.3 is 0 Å². The molecule has 3 unspecified atom stereocenters. The maximum atomic E-state index is 11.4. The van der Waals surface area contributed by atoms with Gasteiger partial charge in [0.1, 0.15) is 6.42 Å². The van der Waals surface area contributed by atoms with Crippen molar-refractivity contribution in [2.24, 2.45) is 0 Å². The second-order valence-corrected chi connectivity index (χ2v) is 3.79. The Labute approximate surface area is 84.4 Å². The maximum absolute atomic E-state index is 11.4. The van der Waals surface area contributed by atoms with E-state index in [1.54, 1.807) is 11.9 Å². The highest BCUT2D eigenvalue weighted by Crippen LogP contribution is 2.23. The number of nitrogens with zero attached hydrogens (tertiary/aromatic N) is 2. The van der Waals surface area contributed by atoms with E-state index in [2.05, 4.69) is 0 Å². The zero-order valence-corrected chi connectivity index (χ0v) is 8.86. The third-order valence-electron chi connectivity index (χ3n) is 2.68. The number of hydrogen-bond donors (Lipinski definition) is 0. The summed E-state index contributed by atoms with van der Waals surface area (Å²) in [6.07, 6.45) is 1.08. The average molecular weight is 196 g/mol. The van der Waals surface area contributed by atoms with E-state index in [0.29, 0.717) is 0 Å². The van der Waals surface area contributed by atoms with Crippen LogP contribution in [0.1, 0.15) is 26.7 Å². The zero-order chi connectivity index (χ0) is 10.7. The predicted molar refractivity (Wildman–Crippen MR) is 51.4 cm³/mol. The van der Waals surface area contributed by atoms with Gasteiger partial charge in [-0.3, -0.25) is 4.79 Å². The first kappa shape index (κ1) is 11.0. The van der Waals surface area contributed by atoms with E-state index >= 15 is 0 Å². The molecule has 4 nitrogen and oxygen atoms in total. The minimum atomic E-state index is -0.123. The van der Waals surface area contributed by atoms with Crippen LogP contribution in [-0.4, -0.2) is 36.1 Å². The number of amides is 1. The topological polar surface area (TPSA) is 53.3 Å². The first-order chi connectivity index (χ1) is 6.56. The molecule has 1 amide bonds. The number of carbonyl (C=O) groups excluding carboxylic acids is 1. The van der Waals surface area contributed by atoms with Gasteiger partial charge in [0.2, 0.25) is 5.91 Å². The van der Waals surface area contributed by atoms with Crippen LogP contribution in [0.4, 0.5) is 0 Å². The summed E-state index contributed by atoms with van der Waals surface area (Å²) in [6.45, 7) is 3.96. The largest absolute Gasteiger partial charge is 0.373 e. The summed E-state index contributed by atoms with van der Waals surface area (Å²) in [4.78, 5) is 13.1. The molecule has 0 N–H and O–H groups in total. The van der Waals surface area contributed by atoms with Crippen LogP contribution in [0.5, 0.6) is 0 Å². The monoisotopic (exact) mass is 196 g/mol. The number of likely N-dealkylation sites (N-methyl/N-ethyl adjacent to an activating group) is 1. The molecule has 14 heavy (non-hydrogen) atoms. The minimum absolute atomic E-state index is 0.0475. The summed E-state index contributed by atoms with van der Waals surface area (Å²) in [5.74, 6) is -0.123. The molecular formula is C10H16N2O2. The number of rotatable bonds is 2. The van der Waals surface area contributed by atoms with Gasteiger partial charge in [0.15, 0.2) is 0 Å². The first-order valence-electron chi connectivity index (χ1n) is 4.84. The maximum Gasteiger partial charge on any atom is 0.236 e. The summed E-state index contributed by atoms with van der Waals surface area (Å²) in [6, 6.07) is 1.98. The highest BCUT2D eigenvalue weighted by atomic mass is 16.5. The van der Waals surface area contributed by atoms with Crippen molar-refractivity contribution in [2.75, 3.05) is 7.05 Å². The summed E-state index contributed by atoms with van der Waals surface area (Å²) in [7, 11) is 1.74. The molecule has 0 radical (unpaired) electrons. The normalized spacial score (nSPS) is 31.1. The molecule has 0 saturated carbocycles. The van der Waals surface area contributed by atoms with Gasteiger partial charge in [0.05, 0.1) is 24.3 Å². The van der Waals surface area contributed by atoms with Crippen molar-refractivity contribution < 1.29 is 9.53 Å². The van der Waals surface area contributed by atoms with E-state index in [1.807, 2.05) is 19.9 Å². The Kier molecular flexibility index (Phi) is 3.48. The molecule has 78 valence electrons. The third-order valence-corrected chi connectivity index (χ3v) is 2.68. The Morgan fingerprint density at radius 3 is 2.71 bits per heavy atom. The van der Waals surface area contributed by atoms with E-state index in [1.165, 1.54) is 0 Å². The van der Waals surface area contributed by atoms with Crippen LogP contribution in [0, 0.1) is 11.3 Å². The van der Waals surface area contributed by atoms with Crippen LogP contribution in [0.3, 0.4) is 0 Å². The fraction of sp³-hybridized carbons (Fsp3) is 0.800. The van der Waals surface area contributed by atoms with E-state index in [9.17, 15) is 4.79 Å². The summed E-state index contributed by atoms with van der Waals surface area (Å²) in [5.41, 5.74) is 0. The Morgan fingerprint density at radius 2 is 2.29 bits per heavy atom. The molecule has 0 aromatic heterocycles. The molecule has 4 heteroatoms. The predicted octanol–water partition coefficient (Wildman–Crippen LogP) is 0.924. The number of ether oxygens (including phenoxy) is 1. The quantitative estimate of drug-likeness (QED) is 0.660. The molecule has 0 aliphatic carbocycles. The van der Waals surface area contributed by atoms with Crippen molar-refractivity contribution in [1.82, 2.24) is 4.90 Å². The highest BCUT2D eigenvalue weighted by molar-refractivity contribution is 5.78. The number of hydrogen-bond acceptors (Lipinski definition) is 3. The highest BCUT2D eigenvalue weighted by Gasteiger charge is 2.34. The van der Waals surface area contributed by atoms with Crippen LogP contribution in [0.25, 0.3) is 0 Å². The summed E-state index contributed by atoms with van der Waals surface area (Å²) < 4.78 is 5.55. The van der Waals surface area contributed by atoms with E-state index in [-0.39, 0.29) is 30.6 Å². The van der Waals surface area contributed by atoms with Crippen LogP contribution >= 0.6 is 0 Å². The molecule has 0 aromatic rings. The third kappa shape index (κ3) is 2.24. The molecule has 1 aliphatic rings. The molecule has 1 aliphatic heterocycles. The SMILES string of the molecule is CC1CC(N(C)C(=O)CC#N)C(C)O1. The lowest BCUT2D eigenvalue weighted by atomic mass is 10.1. The van der Waals surface area contributed by atoms with Crippen LogP contribution in [0.15, 0.2) is 0 Å². The van der Waals surface area contributed by atoms with Crippen molar-refractivity contribution in [1.29, 1.82) is 5.26 Å². The van der Waals surface area contributed by atoms with Gasteiger partial charge in [0.25, 0.3) is 0 Å².